The van der Waals surface area contributed by atoms with E-state index >= 15 is 0 Å². The number of halogens is 1. The van der Waals surface area contributed by atoms with Crippen LogP contribution in [0.3, 0.4) is 0 Å². The van der Waals surface area contributed by atoms with Gasteiger partial charge in [0.05, 0.1) is 5.69 Å². The van der Waals surface area contributed by atoms with Gasteiger partial charge in [0.2, 0.25) is 5.89 Å². The second-order valence-electron chi connectivity index (χ2n) is 6.44. The van der Waals surface area contributed by atoms with Gasteiger partial charge in [0, 0.05) is 25.1 Å². The van der Waals surface area contributed by atoms with E-state index in [1.54, 1.807) is 18.4 Å². The Morgan fingerprint density at radius 1 is 1.12 bits per heavy atom. The molecule has 2 N–H and O–H groups in total. The molecular weight excluding hydrogens is 333 g/mol. The first-order valence-electron chi connectivity index (χ1n) is 9.10. The third-order valence-corrected chi connectivity index (χ3v) is 4.43. The van der Waals surface area contributed by atoms with Gasteiger partial charge in [-0.1, -0.05) is 11.6 Å². The molecule has 0 atom stereocenters. The molecule has 1 aliphatic rings. The third kappa shape index (κ3) is 5.44. The van der Waals surface area contributed by atoms with E-state index in [4.69, 9.17) is 4.42 Å². The zero-order valence-corrected chi connectivity index (χ0v) is 14.8. The molecule has 1 aromatic heterocycles. The molecule has 1 heterocycles. The minimum atomic E-state index is -0.296. The van der Waals surface area contributed by atoms with E-state index in [1.807, 2.05) is 0 Å². The van der Waals surface area contributed by atoms with Crippen molar-refractivity contribution in [3.63, 3.8) is 0 Å². The third-order valence-electron chi connectivity index (χ3n) is 4.43. The van der Waals surface area contributed by atoms with Gasteiger partial charge in [0.15, 0.2) is 0 Å². The van der Waals surface area contributed by atoms with Crippen molar-refractivity contribution in [2.75, 3.05) is 13.1 Å². The number of nitrogens with one attached hydrogen (secondary N) is 2. The maximum Gasteiger partial charge on any atom is 0.314 e. The monoisotopic (exact) mass is 357 g/mol. The average molecular weight is 357 g/mol. The van der Waals surface area contributed by atoms with Crippen LogP contribution in [0.15, 0.2) is 46.6 Å². The average Bonchev–Trinajstić information content (AvgIpc) is 3.12. The fourth-order valence-corrected chi connectivity index (χ4v) is 2.98. The molecule has 26 heavy (non-hydrogen) atoms. The number of nitrogens with zero attached hydrogens (tertiary/aromatic N) is 1. The van der Waals surface area contributed by atoms with E-state index < -0.39 is 0 Å². The Hall–Kier alpha value is -2.63. The lowest BCUT2D eigenvalue weighted by Gasteiger charge is -2.13. The van der Waals surface area contributed by atoms with E-state index in [0.717, 1.165) is 24.1 Å². The van der Waals surface area contributed by atoms with Crippen LogP contribution in [-0.2, 0) is 6.42 Å². The fourth-order valence-electron chi connectivity index (χ4n) is 2.98. The molecule has 0 fully saturated rings. The van der Waals surface area contributed by atoms with Gasteiger partial charge in [-0.2, -0.15) is 0 Å². The Balaban J connectivity index is 1.36. The first kappa shape index (κ1) is 18.2. The molecule has 0 spiro atoms. The summed E-state index contributed by atoms with van der Waals surface area (Å²) in [6.07, 6.45) is 10.2. The molecule has 0 radical (unpaired) electrons. The Bertz CT molecular complexity index is 753. The van der Waals surface area contributed by atoms with Crippen LogP contribution in [-0.4, -0.2) is 24.1 Å². The lowest BCUT2D eigenvalue weighted by atomic mass is 9.97. The Morgan fingerprint density at radius 2 is 1.88 bits per heavy atom. The number of allylic oxidation sites excluding steroid dienone is 1. The van der Waals surface area contributed by atoms with Crippen molar-refractivity contribution in [1.29, 1.82) is 0 Å². The summed E-state index contributed by atoms with van der Waals surface area (Å²) in [6, 6.07) is 5.82. The summed E-state index contributed by atoms with van der Waals surface area (Å²) in [6.45, 7) is 1.14. The first-order chi connectivity index (χ1) is 12.7. The summed E-state index contributed by atoms with van der Waals surface area (Å²) in [5.74, 6) is 0.153. The smallest absolute Gasteiger partial charge is 0.314 e. The van der Waals surface area contributed by atoms with Gasteiger partial charge in [-0.15, -0.1) is 0 Å². The van der Waals surface area contributed by atoms with Gasteiger partial charge in [-0.25, -0.2) is 14.2 Å². The van der Waals surface area contributed by atoms with Crippen LogP contribution < -0.4 is 10.6 Å². The molecule has 1 aliphatic carbocycles. The van der Waals surface area contributed by atoms with Crippen LogP contribution in [0.4, 0.5) is 9.18 Å². The topological polar surface area (TPSA) is 67.2 Å². The van der Waals surface area contributed by atoms with E-state index in [0.29, 0.717) is 25.4 Å². The summed E-state index contributed by atoms with van der Waals surface area (Å²) in [5.41, 5.74) is 2.92. The molecule has 138 valence electrons. The highest BCUT2D eigenvalue weighted by Gasteiger charge is 2.08. The largest absolute Gasteiger partial charge is 0.444 e. The number of carbonyl (C=O) groups is 1. The highest BCUT2D eigenvalue weighted by Crippen LogP contribution is 2.20. The predicted octanol–water partition coefficient (Wildman–Crippen LogP) is 4.21. The SMILES string of the molecule is O=C(NCCC1=CCCCC1)NCCc1coc(-c2ccc(F)cc2)n1. The van der Waals surface area contributed by atoms with Crippen LogP contribution in [0.2, 0.25) is 0 Å². The first-order valence-corrected chi connectivity index (χ1v) is 9.10. The van der Waals surface area contributed by atoms with E-state index in [9.17, 15) is 9.18 Å². The molecule has 0 unspecified atom stereocenters. The summed E-state index contributed by atoms with van der Waals surface area (Å²) in [5, 5.41) is 5.71. The van der Waals surface area contributed by atoms with Gasteiger partial charge in [0.25, 0.3) is 0 Å². The summed E-state index contributed by atoms with van der Waals surface area (Å²) in [7, 11) is 0. The van der Waals surface area contributed by atoms with E-state index in [2.05, 4.69) is 21.7 Å². The highest BCUT2D eigenvalue weighted by atomic mass is 19.1. The van der Waals surface area contributed by atoms with E-state index in [1.165, 1.54) is 37.0 Å². The second-order valence-corrected chi connectivity index (χ2v) is 6.44. The van der Waals surface area contributed by atoms with Crippen LogP contribution in [0.25, 0.3) is 11.5 Å². The minimum absolute atomic E-state index is 0.163. The quantitative estimate of drug-likeness (QED) is 0.729. The second kappa shape index (κ2) is 9.17. The number of urea groups is 1. The van der Waals surface area contributed by atoms with Gasteiger partial charge >= 0.3 is 6.03 Å². The van der Waals surface area contributed by atoms with E-state index in [-0.39, 0.29) is 11.8 Å². The number of aromatic nitrogens is 1. The molecule has 2 aromatic rings. The van der Waals surface area contributed by atoms with Crippen LogP contribution in [0, 0.1) is 5.82 Å². The molecule has 1 aromatic carbocycles. The summed E-state index contributed by atoms with van der Waals surface area (Å²) < 4.78 is 18.4. The van der Waals surface area contributed by atoms with Crippen molar-refractivity contribution < 1.29 is 13.6 Å². The molecule has 0 saturated carbocycles. The molecular formula is C20H24FN3O2. The van der Waals surface area contributed by atoms with Gasteiger partial charge in [0.1, 0.15) is 12.1 Å². The van der Waals surface area contributed by atoms with Crippen molar-refractivity contribution in [3.05, 3.63) is 53.7 Å². The molecule has 6 heteroatoms. The molecule has 3 rings (SSSR count). The van der Waals surface area contributed by atoms with Crippen LogP contribution in [0.5, 0.6) is 0 Å². The zero-order chi connectivity index (χ0) is 18.2. The Morgan fingerprint density at radius 3 is 2.62 bits per heavy atom. The lowest BCUT2D eigenvalue weighted by Crippen LogP contribution is -2.37. The van der Waals surface area contributed by atoms with Gasteiger partial charge < -0.3 is 15.1 Å². The summed E-state index contributed by atoms with van der Waals surface area (Å²) in [4.78, 5) is 16.2. The maximum absolute atomic E-state index is 12.9. The normalized spacial score (nSPS) is 14.0. The van der Waals surface area contributed by atoms with Crippen LogP contribution in [0.1, 0.15) is 37.8 Å². The predicted molar refractivity (Wildman–Crippen MR) is 98.2 cm³/mol. The highest BCUT2D eigenvalue weighted by molar-refractivity contribution is 5.73. The number of carbonyl (C=O) groups excluding carboxylic acids is 1. The van der Waals surface area contributed by atoms with Crippen LogP contribution >= 0.6 is 0 Å². The van der Waals surface area contributed by atoms with Crippen molar-refractivity contribution in [2.24, 2.45) is 0 Å². The molecule has 0 aliphatic heterocycles. The number of hydrogen-bond acceptors (Lipinski definition) is 3. The molecule has 5 nitrogen and oxygen atoms in total. The van der Waals surface area contributed by atoms with Crippen molar-refractivity contribution in [3.8, 4) is 11.5 Å². The summed E-state index contributed by atoms with van der Waals surface area (Å²) >= 11 is 0. The maximum atomic E-state index is 12.9. The van der Waals surface area contributed by atoms with Crippen molar-refractivity contribution in [2.45, 2.75) is 38.5 Å². The molecule has 0 saturated heterocycles. The van der Waals surface area contributed by atoms with Gasteiger partial charge in [-0.3, -0.25) is 0 Å². The van der Waals surface area contributed by atoms with Crippen molar-refractivity contribution in [1.82, 2.24) is 15.6 Å². The number of benzene rings is 1. The number of rotatable bonds is 7. The Labute approximate surface area is 152 Å². The number of oxazole rings is 1. The lowest BCUT2D eigenvalue weighted by molar-refractivity contribution is 0.241. The standard InChI is InChI=1S/C20H24FN3O2/c21-17-8-6-16(7-9-17)19-24-18(14-26-19)11-13-23-20(25)22-12-10-15-4-2-1-3-5-15/h4,6-9,14H,1-3,5,10-13H2,(H2,22,23,25). The van der Waals surface area contributed by atoms with Gasteiger partial charge in [-0.05, 0) is 56.4 Å². The fraction of sp³-hybridized carbons (Fsp3) is 0.400. The minimum Gasteiger partial charge on any atom is -0.444 e. The molecule has 2 amide bonds. The van der Waals surface area contributed by atoms with Crippen molar-refractivity contribution >= 4 is 6.03 Å². The molecule has 0 bridgehead atoms. The number of amides is 2. The Kier molecular flexibility index (Phi) is 6.41. The number of hydrogen-bond donors (Lipinski definition) is 2. The zero-order valence-electron chi connectivity index (χ0n) is 14.8.